The minimum absolute atomic E-state index is 0.00692. The van der Waals surface area contributed by atoms with Crippen molar-refractivity contribution in [2.45, 2.75) is 46.1 Å². The van der Waals surface area contributed by atoms with Gasteiger partial charge >= 0.3 is 0 Å². The van der Waals surface area contributed by atoms with Crippen LogP contribution in [0, 0.1) is 0 Å². The Morgan fingerprint density at radius 2 is 1.69 bits per heavy atom. The lowest BCUT2D eigenvalue weighted by Gasteiger charge is -2.34. The second-order valence-electron chi connectivity index (χ2n) is 7.68. The van der Waals surface area contributed by atoms with Crippen LogP contribution in [-0.4, -0.2) is 72.8 Å². The van der Waals surface area contributed by atoms with Gasteiger partial charge in [0.25, 0.3) is 0 Å². The highest BCUT2D eigenvalue weighted by Crippen LogP contribution is 2.15. The van der Waals surface area contributed by atoms with Crippen LogP contribution < -0.4 is 10.1 Å². The van der Waals surface area contributed by atoms with Crippen LogP contribution in [0.3, 0.4) is 0 Å². The first kappa shape index (κ1) is 22.9. The van der Waals surface area contributed by atoms with Gasteiger partial charge in [-0.25, -0.2) is 0 Å². The third-order valence-corrected chi connectivity index (χ3v) is 4.76. The van der Waals surface area contributed by atoms with Crippen molar-refractivity contribution in [2.24, 2.45) is 0 Å². The molecule has 7 heteroatoms. The fourth-order valence-electron chi connectivity index (χ4n) is 3.21. The Morgan fingerprint density at radius 1 is 1.03 bits per heavy atom. The zero-order valence-corrected chi connectivity index (χ0v) is 17.8. The van der Waals surface area contributed by atoms with Crippen molar-refractivity contribution in [1.29, 1.82) is 0 Å². The molecule has 29 heavy (non-hydrogen) atoms. The molecule has 1 aliphatic heterocycles. The van der Waals surface area contributed by atoms with Crippen LogP contribution >= 0.6 is 0 Å². The van der Waals surface area contributed by atoms with E-state index in [2.05, 4.69) is 10.2 Å². The second-order valence-corrected chi connectivity index (χ2v) is 7.68. The molecule has 0 saturated carbocycles. The molecule has 160 valence electrons. The number of piperazine rings is 1. The van der Waals surface area contributed by atoms with Crippen LogP contribution in [0.2, 0.25) is 0 Å². The largest absolute Gasteiger partial charge is 0.494 e. The molecule has 1 N–H and O–H groups in total. The van der Waals surface area contributed by atoms with Gasteiger partial charge in [0.1, 0.15) is 5.75 Å². The molecule has 1 saturated heterocycles. The van der Waals surface area contributed by atoms with Gasteiger partial charge in [0, 0.05) is 50.6 Å². The van der Waals surface area contributed by atoms with Crippen molar-refractivity contribution in [3.8, 4) is 5.75 Å². The van der Waals surface area contributed by atoms with E-state index in [1.54, 1.807) is 29.2 Å². The summed E-state index contributed by atoms with van der Waals surface area (Å²) in [5.41, 5.74) is 0.600. The van der Waals surface area contributed by atoms with E-state index in [1.807, 2.05) is 20.8 Å². The van der Waals surface area contributed by atoms with Crippen molar-refractivity contribution in [3.05, 3.63) is 29.8 Å². The molecule has 0 spiro atoms. The van der Waals surface area contributed by atoms with Crippen molar-refractivity contribution in [2.75, 3.05) is 39.3 Å². The smallest absolute Gasteiger partial charge is 0.234 e. The summed E-state index contributed by atoms with van der Waals surface area (Å²) >= 11 is 0. The Hall–Kier alpha value is -2.41. The van der Waals surface area contributed by atoms with Gasteiger partial charge < -0.3 is 15.0 Å². The Bertz CT molecular complexity index is 680. The summed E-state index contributed by atoms with van der Waals surface area (Å²) < 4.78 is 5.52. The van der Waals surface area contributed by atoms with E-state index >= 15 is 0 Å². The first-order valence-electron chi connectivity index (χ1n) is 10.4. The first-order valence-corrected chi connectivity index (χ1v) is 10.4. The fourth-order valence-corrected chi connectivity index (χ4v) is 3.21. The molecule has 1 aromatic rings. The van der Waals surface area contributed by atoms with Crippen LogP contribution in [0.5, 0.6) is 5.75 Å². The maximum Gasteiger partial charge on any atom is 0.234 e. The molecule has 0 bridgehead atoms. The molecule has 0 unspecified atom stereocenters. The van der Waals surface area contributed by atoms with Crippen molar-refractivity contribution >= 4 is 17.6 Å². The topological polar surface area (TPSA) is 79.0 Å². The molecule has 0 radical (unpaired) electrons. The molecular formula is C22H33N3O4. The minimum atomic E-state index is -0.0376. The Morgan fingerprint density at radius 3 is 2.28 bits per heavy atom. The third kappa shape index (κ3) is 7.85. The molecule has 0 aliphatic carbocycles. The van der Waals surface area contributed by atoms with Crippen molar-refractivity contribution in [3.63, 3.8) is 0 Å². The number of benzene rings is 1. The van der Waals surface area contributed by atoms with Crippen LogP contribution in [0.25, 0.3) is 0 Å². The molecule has 1 aliphatic rings. The van der Waals surface area contributed by atoms with Gasteiger partial charge in [-0.2, -0.15) is 0 Å². The highest BCUT2D eigenvalue weighted by atomic mass is 16.5. The van der Waals surface area contributed by atoms with Crippen LogP contribution in [0.15, 0.2) is 24.3 Å². The van der Waals surface area contributed by atoms with E-state index in [0.29, 0.717) is 44.9 Å². The maximum absolute atomic E-state index is 12.4. The highest BCUT2D eigenvalue weighted by Gasteiger charge is 2.23. The van der Waals surface area contributed by atoms with E-state index in [-0.39, 0.29) is 36.5 Å². The number of carbonyl (C=O) groups is 3. The predicted octanol–water partition coefficient (Wildman–Crippen LogP) is 2.11. The van der Waals surface area contributed by atoms with Crippen molar-refractivity contribution < 1.29 is 19.1 Å². The van der Waals surface area contributed by atoms with E-state index in [1.165, 1.54) is 0 Å². The van der Waals surface area contributed by atoms with E-state index in [4.69, 9.17) is 4.74 Å². The number of hydrogen-bond acceptors (Lipinski definition) is 5. The molecule has 1 heterocycles. The van der Waals surface area contributed by atoms with E-state index in [0.717, 1.165) is 12.2 Å². The Labute approximate surface area is 173 Å². The van der Waals surface area contributed by atoms with Crippen LogP contribution in [-0.2, 0) is 9.59 Å². The van der Waals surface area contributed by atoms with Gasteiger partial charge in [0.2, 0.25) is 11.8 Å². The fraction of sp³-hybridized carbons (Fsp3) is 0.591. The zero-order chi connectivity index (χ0) is 21.2. The van der Waals surface area contributed by atoms with Crippen LogP contribution in [0.1, 0.15) is 50.4 Å². The summed E-state index contributed by atoms with van der Waals surface area (Å²) in [6, 6.07) is 7.21. The summed E-state index contributed by atoms with van der Waals surface area (Å²) in [4.78, 5) is 40.5. The quantitative estimate of drug-likeness (QED) is 0.606. The summed E-state index contributed by atoms with van der Waals surface area (Å²) in [6.45, 7) is 9.44. The highest BCUT2D eigenvalue weighted by molar-refractivity contribution is 5.98. The average molecular weight is 404 g/mol. The van der Waals surface area contributed by atoms with Gasteiger partial charge in [0.15, 0.2) is 5.78 Å². The number of amides is 2. The number of Topliss-reactive ketones (excluding diaryl/α,β-unsaturated/α-hetero) is 1. The van der Waals surface area contributed by atoms with Gasteiger partial charge in [-0.15, -0.1) is 0 Å². The van der Waals surface area contributed by atoms with Gasteiger partial charge in [-0.05, 0) is 44.5 Å². The van der Waals surface area contributed by atoms with E-state index < -0.39 is 0 Å². The molecular weight excluding hydrogens is 370 g/mol. The normalized spacial score (nSPS) is 14.7. The van der Waals surface area contributed by atoms with Crippen molar-refractivity contribution in [1.82, 2.24) is 15.1 Å². The third-order valence-electron chi connectivity index (χ3n) is 4.76. The molecule has 0 atom stereocenters. The predicted molar refractivity (Wildman–Crippen MR) is 112 cm³/mol. The number of ketones is 1. The van der Waals surface area contributed by atoms with Crippen LogP contribution in [0.4, 0.5) is 0 Å². The standard InChI is InChI=1S/C22H33N3O4/c1-4-15-29-19-7-5-18(6-8-19)20(26)9-10-22(28)25-13-11-24(12-14-25)16-21(27)23-17(2)3/h5-8,17H,4,9-16H2,1-3H3,(H,23,27). The number of ether oxygens (including phenoxy) is 1. The van der Waals surface area contributed by atoms with Gasteiger partial charge in [-0.1, -0.05) is 6.92 Å². The summed E-state index contributed by atoms with van der Waals surface area (Å²) in [5, 5.41) is 2.88. The van der Waals surface area contributed by atoms with Gasteiger partial charge in [-0.3, -0.25) is 19.3 Å². The molecule has 1 aromatic carbocycles. The number of carbonyl (C=O) groups excluding carboxylic acids is 3. The molecule has 7 nitrogen and oxygen atoms in total. The minimum Gasteiger partial charge on any atom is -0.494 e. The number of nitrogens with one attached hydrogen (secondary N) is 1. The summed E-state index contributed by atoms with van der Waals surface area (Å²) in [6.07, 6.45) is 1.34. The molecule has 0 aromatic heterocycles. The molecule has 2 amide bonds. The number of nitrogens with zero attached hydrogens (tertiary/aromatic N) is 2. The monoisotopic (exact) mass is 403 g/mol. The Balaban J connectivity index is 1.71. The summed E-state index contributed by atoms with van der Waals surface area (Å²) in [7, 11) is 0. The number of hydrogen-bond donors (Lipinski definition) is 1. The van der Waals surface area contributed by atoms with Gasteiger partial charge in [0.05, 0.1) is 13.2 Å². The lowest BCUT2D eigenvalue weighted by Crippen LogP contribution is -2.51. The SMILES string of the molecule is CCCOc1ccc(C(=O)CCC(=O)N2CCN(CC(=O)NC(C)C)CC2)cc1. The maximum atomic E-state index is 12.4. The lowest BCUT2D eigenvalue weighted by molar-refractivity contribution is -0.133. The number of rotatable bonds is 10. The molecule has 2 rings (SSSR count). The second kappa shape index (κ2) is 11.6. The molecule has 1 fully saturated rings. The Kier molecular flexibility index (Phi) is 9.12. The zero-order valence-electron chi connectivity index (χ0n) is 17.8. The van der Waals surface area contributed by atoms with E-state index in [9.17, 15) is 14.4 Å². The first-order chi connectivity index (χ1) is 13.9. The lowest BCUT2D eigenvalue weighted by atomic mass is 10.1. The summed E-state index contributed by atoms with van der Waals surface area (Å²) in [5.74, 6) is 0.716. The average Bonchev–Trinajstić information content (AvgIpc) is 2.70.